The van der Waals surface area contributed by atoms with Crippen LogP contribution in [0.15, 0.2) is 21.1 Å². The molecule has 0 heterocycles. The van der Waals surface area contributed by atoms with Gasteiger partial charge in [-0.15, -0.1) is 11.6 Å². The Bertz CT molecular complexity index is 460. The van der Waals surface area contributed by atoms with Crippen LogP contribution >= 0.6 is 43.5 Å². The van der Waals surface area contributed by atoms with Crippen molar-refractivity contribution >= 4 is 43.5 Å². The Morgan fingerprint density at radius 2 is 1.72 bits per heavy atom. The summed E-state index contributed by atoms with van der Waals surface area (Å²) < 4.78 is 2.32. The maximum Gasteiger partial charge on any atom is 0.0630 e. The van der Waals surface area contributed by atoms with Crippen molar-refractivity contribution in [2.45, 2.75) is 38.0 Å². The van der Waals surface area contributed by atoms with Crippen LogP contribution in [-0.4, -0.2) is 0 Å². The summed E-state index contributed by atoms with van der Waals surface area (Å²) >= 11 is 14.0. The third-order valence-corrected chi connectivity index (χ3v) is 6.70. The SMILES string of the molecule is Cc1cc(Br)c(C(Cl)C2C3CCCCC32)cc1Br. The van der Waals surface area contributed by atoms with E-state index < -0.39 is 0 Å². The molecular weight excluding hydrogens is 375 g/mol. The zero-order chi connectivity index (χ0) is 12.9. The van der Waals surface area contributed by atoms with E-state index in [-0.39, 0.29) is 5.38 Å². The molecule has 1 aromatic carbocycles. The number of halogens is 3. The first-order valence-electron chi connectivity index (χ1n) is 6.69. The minimum atomic E-state index is 0.171. The van der Waals surface area contributed by atoms with E-state index in [9.17, 15) is 0 Å². The Hall–Kier alpha value is 0.470. The van der Waals surface area contributed by atoms with E-state index in [0.717, 1.165) is 20.8 Å². The first-order chi connectivity index (χ1) is 8.59. The van der Waals surface area contributed by atoms with Crippen molar-refractivity contribution in [1.82, 2.24) is 0 Å². The summed E-state index contributed by atoms with van der Waals surface area (Å²) in [7, 11) is 0. The van der Waals surface area contributed by atoms with Gasteiger partial charge < -0.3 is 0 Å². The molecule has 0 N–H and O–H groups in total. The summed E-state index contributed by atoms with van der Waals surface area (Å²) in [5, 5.41) is 0.171. The molecule has 3 unspecified atom stereocenters. The third kappa shape index (κ3) is 2.29. The molecule has 0 nitrogen and oxygen atoms in total. The van der Waals surface area contributed by atoms with Crippen LogP contribution < -0.4 is 0 Å². The van der Waals surface area contributed by atoms with Gasteiger partial charge in [0.25, 0.3) is 0 Å². The van der Waals surface area contributed by atoms with Gasteiger partial charge in [-0.05, 0) is 60.8 Å². The monoisotopic (exact) mass is 390 g/mol. The Morgan fingerprint density at radius 3 is 2.33 bits per heavy atom. The quantitative estimate of drug-likeness (QED) is 0.523. The Morgan fingerprint density at radius 1 is 1.11 bits per heavy atom. The molecular formula is C15H17Br2Cl. The van der Waals surface area contributed by atoms with Gasteiger partial charge >= 0.3 is 0 Å². The molecule has 0 spiro atoms. The first kappa shape index (κ1) is 13.5. The van der Waals surface area contributed by atoms with Crippen LogP contribution in [0.5, 0.6) is 0 Å². The molecule has 2 fully saturated rings. The molecule has 3 heteroatoms. The van der Waals surface area contributed by atoms with Crippen LogP contribution in [0, 0.1) is 24.7 Å². The summed E-state index contributed by atoms with van der Waals surface area (Å²) in [5.41, 5.74) is 2.51. The topological polar surface area (TPSA) is 0 Å². The van der Waals surface area contributed by atoms with Crippen molar-refractivity contribution in [3.8, 4) is 0 Å². The number of rotatable bonds is 2. The summed E-state index contributed by atoms with van der Waals surface area (Å²) in [5.74, 6) is 2.50. The van der Waals surface area contributed by atoms with Gasteiger partial charge in [0, 0.05) is 8.95 Å². The van der Waals surface area contributed by atoms with E-state index in [1.54, 1.807) is 0 Å². The van der Waals surface area contributed by atoms with E-state index in [0.29, 0.717) is 5.92 Å². The fourth-order valence-corrected chi connectivity index (χ4v) is 5.31. The first-order valence-corrected chi connectivity index (χ1v) is 8.71. The van der Waals surface area contributed by atoms with Gasteiger partial charge in [-0.1, -0.05) is 44.7 Å². The second-order valence-corrected chi connectivity index (χ2v) is 7.89. The molecule has 2 saturated carbocycles. The highest BCUT2D eigenvalue weighted by molar-refractivity contribution is 9.11. The van der Waals surface area contributed by atoms with Gasteiger partial charge in [-0.3, -0.25) is 0 Å². The standard InChI is InChI=1S/C15H17Br2Cl/c1-8-6-13(17)11(7-12(8)16)15(18)14-9-4-2-3-5-10(9)14/h6-7,9-10,14-15H,2-5H2,1H3. The average molecular weight is 393 g/mol. The Labute approximate surface area is 131 Å². The highest BCUT2D eigenvalue weighted by Crippen LogP contribution is 2.62. The van der Waals surface area contributed by atoms with Gasteiger partial charge in [0.15, 0.2) is 0 Å². The Balaban J connectivity index is 1.85. The van der Waals surface area contributed by atoms with Gasteiger partial charge in [0.05, 0.1) is 5.38 Å². The molecule has 0 radical (unpaired) electrons. The van der Waals surface area contributed by atoms with E-state index in [1.807, 2.05) is 0 Å². The minimum absolute atomic E-state index is 0.171. The predicted molar refractivity (Wildman–Crippen MR) is 84.1 cm³/mol. The summed E-state index contributed by atoms with van der Waals surface area (Å²) in [6.07, 6.45) is 5.59. The summed E-state index contributed by atoms with van der Waals surface area (Å²) in [6, 6.07) is 4.36. The van der Waals surface area contributed by atoms with Crippen molar-refractivity contribution < 1.29 is 0 Å². The molecule has 2 aliphatic carbocycles. The number of hydrogen-bond acceptors (Lipinski definition) is 0. The van der Waals surface area contributed by atoms with Crippen LogP contribution in [-0.2, 0) is 0 Å². The van der Waals surface area contributed by atoms with Crippen LogP contribution in [0.4, 0.5) is 0 Å². The molecule has 3 rings (SSSR count). The highest BCUT2D eigenvalue weighted by atomic mass is 79.9. The normalized spacial score (nSPS) is 31.9. The largest absolute Gasteiger partial charge is 0.117 e. The smallest absolute Gasteiger partial charge is 0.0630 e. The second kappa shape index (κ2) is 5.10. The molecule has 0 amide bonds. The minimum Gasteiger partial charge on any atom is -0.117 e. The maximum absolute atomic E-state index is 6.76. The molecule has 18 heavy (non-hydrogen) atoms. The van der Waals surface area contributed by atoms with Crippen molar-refractivity contribution in [3.05, 3.63) is 32.2 Å². The molecule has 0 saturated heterocycles. The van der Waals surface area contributed by atoms with Gasteiger partial charge in [0.2, 0.25) is 0 Å². The van der Waals surface area contributed by atoms with Crippen LogP contribution in [0.2, 0.25) is 0 Å². The third-order valence-electron chi connectivity index (χ3n) is 4.64. The fourth-order valence-electron chi connectivity index (χ4n) is 3.56. The van der Waals surface area contributed by atoms with Crippen LogP contribution in [0.25, 0.3) is 0 Å². The molecule has 2 aliphatic rings. The number of hydrogen-bond donors (Lipinski definition) is 0. The molecule has 0 aromatic heterocycles. The van der Waals surface area contributed by atoms with Crippen molar-refractivity contribution in [3.63, 3.8) is 0 Å². The lowest BCUT2D eigenvalue weighted by atomic mass is 10.0. The lowest BCUT2D eigenvalue weighted by Gasteiger charge is -2.14. The van der Waals surface area contributed by atoms with Crippen molar-refractivity contribution in [1.29, 1.82) is 0 Å². The van der Waals surface area contributed by atoms with Crippen molar-refractivity contribution in [2.75, 3.05) is 0 Å². The fraction of sp³-hybridized carbons (Fsp3) is 0.600. The maximum atomic E-state index is 6.76. The lowest BCUT2D eigenvalue weighted by molar-refractivity contribution is 0.480. The molecule has 0 aliphatic heterocycles. The summed E-state index contributed by atoms with van der Waals surface area (Å²) in [4.78, 5) is 0. The number of alkyl halides is 1. The predicted octanol–water partition coefficient (Wildman–Crippen LogP) is 6.24. The van der Waals surface area contributed by atoms with E-state index >= 15 is 0 Å². The van der Waals surface area contributed by atoms with Crippen molar-refractivity contribution in [2.24, 2.45) is 17.8 Å². The van der Waals surface area contributed by atoms with Gasteiger partial charge in [0.1, 0.15) is 0 Å². The number of fused-ring (bicyclic) bond motifs is 1. The van der Waals surface area contributed by atoms with E-state index in [4.69, 9.17) is 11.6 Å². The van der Waals surface area contributed by atoms with Gasteiger partial charge in [-0.2, -0.15) is 0 Å². The number of benzene rings is 1. The molecule has 98 valence electrons. The zero-order valence-electron chi connectivity index (χ0n) is 10.4. The zero-order valence-corrected chi connectivity index (χ0v) is 14.4. The van der Waals surface area contributed by atoms with E-state index in [2.05, 4.69) is 50.9 Å². The molecule has 3 atom stereocenters. The van der Waals surface area contributed by atoms with Crippen LogP contribution in [0.1, 0.15) is 42.2 Å². The lowest BCUT2D eigenvalue weighted by Crippen LogP contribution is -1.98. The second-order valence-electron chi connectivity index (χ2n) is 5.71. The molecule has 0 bridgehead atoms. The number of aryl methyl sites for hydroxylation is 1. The highest BCUT2D eigenvalue weighted by Gasteiger charge is 2.54. The summed E-state index contributed by atoms with van der Waals surface area (Å²) in [6.45, 7) is 2.11. The van der Waals surface area contributed by atoms with Crippen LogP contribution in [0.3, 0.4) is 0 Å². The molecule has 1 aromatic rings. The average Bonchev–Trinajstić information content (AvgIpc) is 3.07. The van der Waals surface area contributed by atoms with Gasteiger partial charge in [-0.25, -0.2) is 0 Å². The Kier molecular flexibility index (Phi) is 3.81. The van der Waals surface area contributed by atoms with E-state index in [1.165, 1.54) is 36.8 Å².